The Kier molecular flexibility index (Phi) is 6.50. The number of aliphatic carboxylic acids is 2. The van der Waals surface area contributed by atoms with Gasteiger partial charge in [0.15, 0.2) is 0 Å². The van der Waals surface area contributed by atoms with Crippen LogP contribution in [0, 0.1) is 39.9 Å². The van der Waals surface area contributed by atoms with Crippen LogP contribution in [0.1, 0.15) is 0 Å². The molecule has 0 amide bonds. The zero-order valence-electron chi connectivity index (χ0n) is 3.21. The van der Waals surface area contributed by atoms with Gasteiger partial charge in [0.1, 0.15) is 0 Å². The monoisotopic (exact) mass is 322 g/mol. The van der Waals surface area contributed by atoms with Gasteiger partial charge in [-0.25, -0.2) is 9.59 Å². The van der Waals surface area contributed by atoms with Gasteiger partial charge in [-0.05, 0) is 0 Å². The SMILES string of the molecule is O=C(O)C(=O)O.[Th]. The third kappa shape index (κ3) is 6.26. The van der Waals surface area contributed by atoms with Gasteiger partial charge in [0.05, 0.1) is 0 Å². The molecule has 0 aliphatic rings. The van der Waals surface area contributed by atoms with Gasteiger partial charge in [-0.3, -0.25) is 0 Å². The van der Waals surface area contributed by atoms with E-state index in [2.05, 4.69) is 0 Å². The smallest absolute Gasteiger partial charge is 0.414 e. The molecular formula is C2H2O4Th. The van der Waals surface area contributed by atoms with Crippen LogP contribution in [-0.4, -0.2) is 22.2 Å². The van der Waals surface area contributed by atoms with Crippen LogP contribution < -0.4 is 0 Å². The molecule has 0 aromatic rings. The second kappa shape index (κ2) is 4.42. The zero-order valence-corrected chi connectivity index (χ0v) is 7.32. The van der Waals surface area contributed by atoms with Gasteiger partial charge in [-0.2, -0.15) is 0 Å². The third-order valence-electron chi connectivity index (χ3n) is 0.183. The Labute approximate surface area is 71.2 Å². The van der Waals surface area contributed by atoms with Crippen LogP contribution in [0.3, 0.4) is 0 Å². The minimum atomic E-state index is -1.82. The maximum Gasteiger partial charge on any atom is 0.414 e. The molecule has 2 N–H and O–H groups in total. The van der Waals surface area contributed by atoms with Gasteiger partial charge in [0.2, 0.25) is 0 Å². The van der Waals surface area contributed by atoms with E-state index >= 15 is 0 Å². The summed E-state index contributed by atoms with van der Waals surface area (Å²) in [5.74, 6) is -3.65. The standard InChI is InChI=1S/C2H2O4.Th/c3-1(4)2(5)6;/h(H,3,4)(H,5,6);. The van der Waals surface area contributed by atoms with Crippen molar-refractivity contribution < 1.29 is 59.7 Å². The number of carboxylic acids is 2. The molecule has 0 saturated heterocycles. The average molecular weight is 322 g/mol. The van der Waals surface area contributed by atoms with Crippen molar-refractivity contribution in [1.29, 1.82) is 0 Å². The van der Waals surface area contributed by atoms with Gasteiger partial charge in [0, 0.05) is 39.9 Å². The Bertz CT molecular complexity index is 75.7. The van der Waals surface area contributed by atoms with Crippen molar-refractivity contribution in [2.24, 2.45) is 0 Å². The molecule has 0 atom stereocenters. The van der Waals surface area contributed by atoms with Crippen LogP contribution in [-0.2, 0) is 9.59 Å². The van der Waals surface area contributed by atoms with Crippen LogP contribution in [0.15, 0.2) is 0 Å². The first kappa shape index (κ1) is 10.3. The minimum Gasteiger partial charge on any atom is -0.473 e. The van der Waals surface area contributed by atoms with Crippen molar-refractivity contribution in [3.05, 3.63) is 0 Å². The molecule has 0 aliphatic heterocycles. The second-order valence-corrected chi connectivity index (χ2v) is 0.610. The summed E-state index contributed by atoms with van der Waals surface area (Å²) in [6.07, 6.45) is 0. The molecule has 0 radical (unpaired) electrons. The summed E-state index contributed by atoms with van der Waals surface area (Å²) >= 11 is 0. The van der Waals surface area contributed by atoms with Crippen molar-refractivity contribution in [2.75, 3.05) is 0 Å². The van der Waals surface area contributed by atoms with Gasteiger partial charge < -0.3 is 10.2 Å². The molecule has 0 spiro atoms. The molecule has 0 aromatic heterocycles. The molecular weight excluding hydrogens is 320 g/mol. The maximum absolute atomic E-state index is 9.10. The van der Waals surface area contributed by atoms with E-state index in [1.165, 1.54) is 0 Å². The van der Waals surface area contributed by atoms with Crippen LogP contribution >= 0.6 is 0 Å². The Morgan fingerprint density at radius 3 is 1.14 bits per heavy atom. The average Bonchev–Trinajstić information content (AvgIpc) is 1.36. The quantitative estimate of drug-likeness (QED) is 0.570. The first-order valence-electron chi connectivity index (χ1n) is 1.11. The van der Waals surface area contributed by atoms with E-state index in [0.29, 0.717) is 0 Å². The zero-order chi connectivity index (χ0) is 5.15. The van der Waals surface area contributed by atoms with Gasteiger partial charge in [-0.15, -0.1) is 0 Å². The van der Waals surface area contributed by atoms with Crippen molar-refractivity contribution in [3.8, 4) is 0 Å². The van der Waals surface area contributed by atoms with Crippen LogP contribution in [0.2, 0.25) is 0 Å². The van der Waals surface area contributed by atoms with Gasteiger partial charge in [-0.1, -0.05) is 0 Å². The van der Waals surface area contributed by atoms with Crippen molar-refractivity contribution in [1.82, 2.24) is 0 Å². The molecule has 0 aromatic carbocycles. The van der Waals surface area contributed by atoms with Gasteiger partial charge in [0.25, 0.3) is 0 Å². The van der Waals surface area contributed by atoms with Crippen molar-refractivity contribution >= 4 is 11.9 Å². The maximum atomic E-state index is 9.10. The molecule has 4 nitrogen and oxygen atoms in total. The summed E-state index contributed by atoms with van der Waals surface area (Å²) in [6.45, 7) is 0. The van der Waals surface area contributed by atoms with E-state index in [4.69, 9.17) is 19.8 Å². The Morgan fingerprint density at radius 1 is 1.00 bits per heavy atom. The number of hydrogen-bond acceptors (Lipinski definition) is 2. The van der Waals surface area contributed by atoms with Gasteiger partial charge >= 0.3 is 11.9 Å². The summed E-state index contributed by atoms with van der Waals surface area (Å²) in [5.41, 5.74) is 0. The topological polar surface area (TPSA) is 74.6 Å². The molecule has 0 unspecified atom stereocenters. The molecule has 38 valence electrons. The van der Waals surface area contributed by atoms with E-state index in [0.717, 1.165) is 0 Å². The number of carboxylic acid groups (broad SMARTS) is 2. The molecule has 0 fully saturated rings. The van der Waals surface area contributed by atoms with E-state index in [-0.39, 0.29) is 39.9 Å². The summed E-state index contributed by atoms with van der Waals surface area (Å²) in [6, 6.07) is 0. The molecule has 0 rings (SSSR count). The Balaban J connectivity index is 0. The van der Waals surface area contributed by atoms with Crippen molar-refractivity contribution in [2.45, 2.75) is 0 Å². The second-order valence-electron chi connectivity index (χ2n) is 0.610. The first-order chi connectivity index (χ1) is 2.64. The molecule has 0 aliphatic carbocycles. The Morgan fingerprint density at radius 2 is 1.14 bits per heavy atom. The van der Waals surface area contributed by atoms with E-state index in [1.807, 2.05) is 0 Å². The molecule has 0 bridgehead atoms. The Hall–Kier alpha value is 0.265. The number of carbonyl (C=O) groups is 2. The first-order valence-corrected chi connectivity index (χ1v) is 1.11. The van der Waals surface area contributed by atoms with Crippen LogP contribution in [0.4, 0.5) is 0 Å². The fourth-order valence-corrected chi connectivity index (χ4v) is 0. The predicted octanol–water partition coefficient (Wildman–Crippen LogP) is -0.844. The minimum absolute atomic E-state index is 0. The summed E-state index contributed by atoms with van der Waals surface area (Å²) < 4.78 is 0. The third-order valence-corrected chi connectivity index (χ3v) is 0.183. The van der Waals surface area contributed by atoms with Crippen molar-refractivity contribution in [3.63, 3.8) is 0 Å². The summed E-state index contributed by atoms with van der Waals surface area (Å²) in [4.78, 5) is 18.2. The fraction of sp³-hybridized carbons (Fsp3) is 0. The van der Waals surface area contributed by atoms with E-state index in [1.54, 1.807) is 0 Å². The summed E-state index contributed by atoms with van der Waals surface area (Å²) in [7, 11) is 0. The molecule has 5 heteroatoms. The molecule has 0 heterocycles. The normalized spacial score (nSPS) is 6.29. The van der Waals surface area contributed by atoms with E-state index in [9.17, 15) is 0 Å². The van der Waals surface area contributed by atoms with Crippen LogP contribution in [0.5, 0.6) is 0 Å². The number of hydrogen-bond donors (Lipinski definition) is 2. The fourth-order valence-electron chi connectivity index (χ4n) is 0. The van der Waals surface area contributed by atoms with E-state index < -0.39 is 11.9 Å². The summed E-state index contributed by atoms with van der Waals surface area (Å²) in [5, 5.41) is 14.8. The predicted molar refractivity (Wildman–Crippen MR) is 15.3 cm³/mol. The molecule has 7 heavy (non-hydrogen) atoms. The number of rotatable bonds is 0. The largest absolute Gasteiger partial charge is 0.473 e. The molecule has 0 saturated carbocycles. The van der Waals surface area contributed by atoms with Crippen LogP contribution in [0.25, 0.3) is 0 Å².